The maximum atomic E-state index is 11.8. The van der Waals surface area contributed by atoms with E-state index in [0.29, 0.717) is 22.6 Å². The molecule has 0 bridgehead atoms. The summed E-state index contributed by atoms with van der Waals surface area (Å²) in [6.45, 7) is 1.55. The van der Waals surface area contributed by atoms with Gasteiger partial charge >= 0.3 is 6.03 Å². The summed E-state index contributed by atoms with van der Waals surface area (Å²) in [5.41, 5.74) is 1.83. The minimum Gasteiger partial charge on any atom is -0.497 e. The van der Waals surface area contributed by atoms with Crippen molar-refractivity contribution in [2.45, 2.75) is 13.0 Å². The second-order valence-electron chi connectivity index (χ2n) is 5.26. The Morgan fingerprint density at radius 3 is 2.25 bits per heavy atom. The number of ether oxygens (including phenoxy) is 1. The van der Waals surface area contributed by atoms with Crippen molar-refractivity contribution in [2.24, 2.45) is 0 Å². The van der Waals surface area contributed by atoms with Gasteiger partial charge in [-0.2, -0.15) is 0 Å². The van der Waals surface area contributed by atoms with Gasteiger partial charge in [-0.3, -0.25) is 4.79 Å². The van der Waals surface area contributed by atoms with Gasteiger partial charge in [-0.15, -0.1) is 0 Å². The van der Waals surface area contributed by atoms with Crippen LogP contribution in [0.4, 0.5) is 10.5 Å². The molecule has 0 aromatic heterocycles. The second-order valence-corrected chi connectivity index (χ2v) is 5.26. The van der Waals surface area contributed by atoms with Crippen molar-refractivity contribution in [3.05, 3.63) is 59.7 Å². The van der Waals surface area contributed by atoms with Gasteiger partial charge in [0.15, 0.2) is 5.78 Å². The molecule has 0 spiro atoms. The van der Waals surface area contributed by atoms with Crippen molar-refractivity contribution in [3.63, 3.8) is 0 Å². The van der Waals surface area contributed by atoms with Crippen molar-refractivity contribution < 1.29 is 19.4 Å². The van der Waals surface area contributed by atoms with E-state index in [4.69, 9.17) is 4.74 Å². The number of hydrogen-bond acceptors (Lipinski definition) is 4. The van der Waals surface area contributed by atoms with E-state index in [1.807, 2.05) is 0 Å². The molecule has 1 atom stereocenters. The Hall–Kier alpha value is -2.86. The summed E-state index contributed by atoms with van der Waals surface area (Å²) in [5.74, 6) is 0.666. The highest BCUT2D eigenvalue weighted by Crippen LogP contribution is 2.17. The Morgan fingerprint density at radius 2 is 1.71 bits per heavy atom. The molecule has 24 heavy (non-hydrogen) atoms. The number of methoxy groups -OCH3 is 1. The number of urea groups is 1. The lowest BCUT2D eigenvalue weighted by Crippen LogP contribution is -2.32. The summed E-state index contributed by atoms with van der Waals surface area (Å²) in [6, 6.07) is 13.1. The molecule has 2 aromatic rings. The highest BCUT2D eigenvalue weighted by molar-refractivity contribution is 5.95. The highest BCUT2D eigenvalue weighted by Gasteiger charge is 2.10. The lowest BCUT2D eigenvalue weighted by molar-refractivity contribution is 0.101. The monoisotopic (exact) mass is 328 g/mol. The fraction of sp³-hybridized carbons (Fsp3) is 0.222. The molecule has 126 valence electrons. The zero-order valence-corrected chi connectivity index (χ0v) is 13.6. The summed E-state index contributed by atoms with van der Waals surface area (Å²) >= 11 is 0. The number of Topliss-reactive ketones (excluding diaryl/α,β-unsaturated/α-hetero) is 1. The molecule has 0 saturated carbocycles. The van der Waals surface area contributed by atoms with Gasteiger partial charge in [0, 0.05) is 17.8 Å². The van der Waals surface area contributed by atoms with Crippen LogP contribution in [0.25, 0.3) is 0 Å². The van der Waals surface area contributed by atoms with Gasteiger partial charge in [0.05, 0.1) is 13.2 Å². The quantitative estimate of drug-likeness (QED) is 0.712. The van der Waals surface area contributed by atoms with Crippen LogP contribution >= 0.6 is 0 Å². The van der Waals surface area contributed by atoms with Crippen molar-refractivity contribution in [2.75, 3.05) is 19.0 Å². The van der Waals surface area contributed by atoms with Crippen molar-refractivity contribution >= 4 is 17.5 Å². The smallest absolute Gasteiger partial charge is 0.319 e. The average Bonchev–Trinajstić information content (AvgIpc) is 2.60. The molecule has 0 radical (unpaired) electrons. The zero-order chi connectivity index (χ0) is 17.5. The van der Waals surface area contributed by atoms with Crippen molar-refractivity contribution in [1.82, 2.24) is 5.32 Å². The topological polar surface area (TPSA) is 87.7 Å². The first-order chi connectivity index (χ1) is 11.5. The van der Waals surface area contributed by atoms with E-state index >= 15 is 0 Å². The first kappa shape index (κ1) is 17.5. The number of rotatable bonds is 6. The van der Waals surface area contributed by atoms with E-state index in [1.165, 1.54) is 6.92 Å². The lowest BCUT2D eigenvalue weighted by Gasteiger charge is -2.13. The summed E-state index contributed by atoms with van der Waals surface area (Å²) in [4.78, 5) is 23.0. The van der Waals surface area contributed by atoms with Crippen LogP contribution in [0.1, 0.15) is 28.9 Å². The van der Waals surface area contributed by atoms with E-state index in [1.54, 1.807) is 55.6 Å². The van der Waals surface area contributed by atoms with Crippen LogP contribution in [-0.4, -0.2) is 30.6 Å². The normalized spacial score (nSPS) is 11.5. The van der Waals surface area contributed by atoms with E-state index in [9.17, 15) is 14.7 Å². The average molecular weight is 328 g/mol. The number of hydrogen-bond donors (Lipinski definition) is 3. The first-order valence-electron chi connectivity index (χ1n) is 7.47. The Morgan fingerprint density at radius 1 is 1.08 bits per heavy atom. The lowest BCUT2D eigenvalue weighted by atomic mass is 10.1. The fourth-order valence-corrected chi connectivity index (χ4v) is 2.10. The number of benzene rings is 2. The van der Waals surface area contributed by atoms with Crippen LogP contribution in [0.2, 0.25) is 0 Å². The number of aliphatic hydroxyl groups is 1. The van der Waals surface area contributed by atoms with Gasteiger partial charge in [-0.05, 0) is 48.9 Å². The molecule has 1 unspecified atom stereocenters. The maximum absolute atomic E-state index is 11.8. The molecule has 2 amide bonds. The van der Waals surface area contributed by atoms with E-state index in [0.717, 1.165) is 0 Å². The molecule has 0 aliphatic heterocycles. The molecule has 6 heteroatoms. The molecule has 0 fully saturated rings. The van der Waals surface area contributed by atoms with Gasteiger partial charge in [-0.1, -0.05) is 12.1 Å². The Kier molecular flexibility index (Phi) is 5.92. The summed E-state index contributed by atoms with van der Waals surface area (Å²) in [5, 5.41) is 15.3. The number of ketones is 1. The molecule has 0 aliphatic carbocycles. The van der Waals surface area contributed by atoms with Crippen LogP contribution in [0, 0.1) is 0 Å². The first-order valence-corrected chi connectivity index (χ1v) is 7.47. The highest BCUT2D eigenvalue weighted by atomic mass is 16.5. The Labute approximate surface area is 140 Å². The van der Waals surface area contributed by atoms with E-state index < -0.39 is 12.1 Å². The Balaban J connectivity index is 1.84. The molecule has 2 aromatic carbocycles. The van der Waals surface area contributed by atoms with Gasteiger partial charge in [0.2, 0.25) is 0 Å². The van der Waals surface area contributed by atoms with E-state index in [-0.39, 0.29) is 12.3 Å². The summed E-state index contributed by atoms with van der Waals surface area (Å²) < 4.78 is 5.05. The third-order valence-electron chi connectivity index (χ3n) is 3.51. The number of carbonyl (C=O) groups excluding carboxylic acids is 2. The third kappa shape index (κ3) is 4.82. The molecule has 6 nitrogen and oxygen atoms in total. The van der Waals surface area contributed by atoms with Gasteiger partial charge in [-0.25, -0.2) is 4.79 Å². The predicted molar refractivity (Wildman–Crippen MR) is 91.4 cm³/mol. The van der Waals surface area contributed by atoms with Crippen molar-refractivity contribution in [1.29, 1.82) is 0 Å². The minimum absolute atomic E-state index is 0.0337. The third-order valence-corrected chi connectivity index (χ3v) is 3.51. The molecular formula is C18H20N2O4. The fourth-order valence-electron chi connectivity index (χ4n) is 2.10. The molecule has 0 aliphatic rings. The van der Waals surface area contributed by atoms with Crippen LogP contribution in [0.5, 0.6) is 5.75 Å². The molecule has 2 rings (SSSR count). The van der Waals surface area contributed by atoms with E-state index in [2.05, 4.69) is 10.6 Å². The standard InChI is InChI=1S/C18H20N2O4/c1-12(21)13-3-7-15(8-4-13)20-18(23)19-11-17(22)14-5-9-16(24-2)10-6-14/h3-10,17,22H,11H2,1-2H3,(H2,19,20,23). The number of nitrogens with one attached hydrogen (secondary N) is 2. The molecular weight excluding hydrogens is 308 g/mol. The maximum Gasteiger partial charge on any atom is 0.319 e. The van der Waals surface area contributed by atoms with Crippen LogP contribution < -0.4 is 15.4 Å². The van der Waals surface area contributed by atoms with Crippen LogP contribution in [0.15, 0.2) is 48.5 Å². The Bertz CT molecular complexity index is 696. The molecule has 3 N–H and O–H groups in total. The number of amides is 2. The largest absolute Gasteiger partial charge is 0.497 e. The molecule has 0 heterocycles. The summed E-state index contributed by atoms with van der Waals surface area (Å²) in [7, 11) is 1.57. The summed E-state index contributed by atoms with van der Waals surface area (Å²) in [6.07, 6.45) is -0.818. The van der Waals surface area contributed by atoms with Gasteiger partial charge in [0.1, 0.15) is 5.75 Å². The van der Waals surface area contributed by atoms with Gasteiger partial charge in [0.25, 0.3) is 0 Å². The number of anilines is 1. The molecule has 0 saturated heterocycles. The van der Waals surface area contributed by atoms with Crippen molar-refractivity contribution in [3.8, 4) is 5.75 Å². The van der Waals surface area contributed by atoms with Crippen LogP contribution in [-0.2, 0) is 0 Å². The SMILES string of the molecule is COc1ccc(C(O)CNC(=O)Nc2ccc(C(C)=O)cc2)cc1. The van der Waals surface area contributed by atoms with Crippen LogP contribution in [0.3, 0.4) is 0 Å². The zero-order valence-electron chi connectivity index (χ0n) is 13.6. The second kappa shape index (κ2) is 8.12. The van der Waals surface area contributed by atoms with Gasteiger partial charge < -0.3 is 20.5 Å². The number of carbonyl (C=O) groups is 2. The minimum atomic E-state index is -0.818. The number of aliphatic hydroxyl groups excluding tert-OH is 1. The predicted octanol–water partition coefficient (Wildman–Crippen LogP) is 2.75.